The highest BCUT2D eigenvalue weighted by Crippen LogP contribution is 2.34. The summed E-state index contributed by atoms with van der Waals surface area (Å²) in [6.45, 7) is 0.0710. The number of carbonyl (C=O) groups is 1. The maximum absolute atomic E-state index is 12.7. The Morgan fingerprint density at radius 2 is 2.00 bits per heavy atom. The Balaban J connectivity index is 2.18. The highest BCUT2D eigenvalue weighted by atomic mass is 19.4. The molecule has 0 bridgehead atoms. The molecule has 1 aromatic heterocycles. The number of furan rings is 1. The molecule has 4 nitrogen and oxygen atoms in total. The Labute approximate surface area is 112 Å². The van der Waals surface area contributed by atoms with Crippen LogP contribution in [-0.4, -0.2) is 5.91 Å². The van der Waals surface area contributed by atoms with Crippen LogP contribution >= 0.6 is 0 Å². The molecule has 106 valence electrons. The van der Waals surface area contributed by atoms with Gasteiger partial charge >= 0.3 is 6.18 Å². The van der Waals surface area contributed by atoms with Gasteiger partial charge in [-0.15, -0.1) is 0 Å². The number of amides is 1. The standard InChI is InChI=1S/C13H11F3N2O2/c14-13(15,16)10-5-1-4-9(11(10)17)12(19)18-7-8-3-2-6-20-8/h1-6H,7,17H2,(H,18,19). The van der Waals surface area contributed by atoms with Gasteiger partial charge in [-0.3, -0.25) is 4.79 Å². The lowest BCUT2D eigenvalue weighted by atomic mass is 10.1. The van der Waals surface area contributed by atoms with Crippen molar-refractivity contribution >= 4 is 11.6 Å². The van der Waals surface area contributed by atoms with E-state index >= 15 is 0 Å². The first-order chi connectivity index (χ1) is 9.39. The van der Waals surface area contributed by atoms with Gasteiger partial charge in [0.15, 0.2) is 0 Å². The monoisotopic (exact) mass is 284 g/mol. The Bertz CT molecular complexity index is 607. The average molecular weight is 284 g/mol. The number of hydrogen-bond donors (Lipinski definition) is 2. The molecule has 2 rings (SSSR count). The smallest absolute Gasteiger partial charge is 0.418 e. The zero-order chi connectivity index (χ0) is 14.8. The quantitative estimate of drug-likeness (QED) is 0.852. The van der Waals surface area contributed by atoms with Crippen molar-refractivity contribution in [2.45, 2.75) is 12.7 Å². The van der Waals surface area contributed by atoms with Gasteiger partial charge in [-0.2, -0.15) is 13.2 Å². The molecule has 20 heavy (non-hydrogen) atoms. The number of rotatable bonds is 3. The van der Waals surface area contributed by atoms with Gasteiger partial charge in [0.05, 0.1) is 29.6 Å². The van der Waals surface area contributed by atoms with E-state index in [1.807, 2.05) is 0 Å². The Morgan fingerprint density at radius 3 is 2.60 bits per heavy atom. The first-order valence-corrected chi connectivity index (χ1v) is 5.66. The average Bonchev–Trinajstić information content (AvgIpc) is 2.88. The summed E-state index contributed by atoms with van der Waals surface area (Å²) in [5.74, 6) is -0.200. The minimum absolute atomic E-state index is 0.0710. The summed E-state index contributed by atoms with van der Waals surface area (Å²) in [6.07, 6.45) is -3.17. The van der Waals surface area contributed by atoms with E-state index in [1.165, 1.54) is 12.3 Å². The highest BCUT2D eigenvalue weighted by molar-refractivity contribution is 5.99. The first-order valence-electron chi connectivity index (χ1n) is 5.66. The number of benzene rings is 1. The second kappa shape index (κ2) is 5.28. The van der Waals surface area contributed by atoms with E-state index in [-0.39, 0.29) is 12.1 Å². The summed E-state index contributed by atoms with van der Waals surface area (Å²) in [7, 11) is 0. The van der Waals surface area contributed by atoms with Crippen molar-refractivity contribution in [3.63, 3.8) is 0 Å². The summed E-state index contributed by atoms with van der Waals surface area (Å²) in [5.41, 5.74) is 3.59. The summed E-state index contributed by atoms with van der Waals surface area (Å²) < 4.78 is 43.0. The van der Waals surface area contributed by atoms with Crippen molar-refractivity contribution in [2.75, 3.05) is 5.73 Å². The number of nitrogens with one attached hydrogen (secondary N) is 1. The normalized spacial score (nSPS) is 11.3. The molecule has 0 saturated carbocycles. The van der Waals surface area contributed by atoms with Crippen LogP contribution in [0.15, 0.2) is 41.0 Å². The van der Waals surface area contributed by atoms with E-state index in [0.29, 0.717) is 5.76 Å². The van der Waals surface area contributed by atoms with E-state index in [9.17, 15) is 18.0 Å². The largest absolute Gasteiger partial charge is 0.467 e. The molecule has 1 amide bonds. The Kier molecular flexibility index (Phi) is 3.69. The van der Waals surface area contributed by atoms with Gasteiger partial charge in [0.2, 0.25) is 0 Å². The summed E-state index contributed by atoms with van der Waals surface area (Å²) in [5, 5.41) is 2.44. The summed E-state index contributed by atoms with van der Waals surface area (Å²) >= 11 is 0. The predicted octanol–water partition coefficient (Wildman–Crippen LogP) is 2.81. The fourth-order valence-electron chi connectivity index (χ4n) is 1.69. The van der Waals surface area contributed by atoms with Gasteiger partial charge in [0.1, 0.15) is 5.76 Å². The zero-order valence-electron chi connectivity index (χ0n) is 10.2. The molecule has 1 aromatic carbocycles. The highest BCUT2D eigenvalue weighted by Gasteiger charge is 2.34. The molecule has 0 aliphatic carbocycles. The first kappa shape index (κ1) is 14.0. The molecule has 0 aliphatic heterocycles. The van der Waals surface area contributed by atoms with Crippen molar-refractivity contribution < 1.29 is 22.4 Å². The number of anilines is 1. The van der Waals surface area contributed by atoms with Crippen LogP contribution in [0, 0.1) is 0 Å². The van der Waals surface area contributed by atoms with Crippen molar-refractivity contribution in [1.29, 1.82) is 0 Å². The number of nitrogens with two attached hydrogens (primary N) is 1. The van der Waals surface area contributed by atoms with Gasteiger partial charge in [0.25, 0.3) is 5.91 Å². The van der Waals surface area contributed by atoms with Crippen LogP contribution < -0.4 is 11.1 Å². The lowest BCUT2D eigenvalue weighted by Gasteiger charge is -2.13. The maximum Gasteiger partial charge on any atom is 0.418 e. The van der Waals surface area contributed by atoms with E-state index in [2.05, 4.69) is 5.32 Å². The van der Waals surface area contributed by atoms with Gasteiger partial charge in [0, 0.05) is 0 Å². The molecule has 0 fully saturated rings. The second-order valence-electron chi connectivity index (χ2n) is 4.03. The molecule has 0 spiro atoms. The van der Waals surface area contributed by atoms with Gasteiger partial charge < -0.3 is 15.5 Å². The molecule has 7 heteroatoms. The SMILES string of the molecule is Nc1c(C(=O)NCc2ccco2)cccc1C(F)(F)F. The number of carbonyl (C=O) groups excluding carboxylic acids is 1. The van der Waals surface area contributed by atoms with Crippen LogP contribution in [0.3, 0.4) is 0 Å². The minimum Gasteiger partial charge on any atom is -0.467 e. The van der Waals surface area contributed by atoms with Crippen LogP contribution in [0.25, 0.3) is 0 Å². The van der Waals surface area contributed by atoms with Crippen LogP contribution in [0.4, 0.5) is 18.9 Å². The molecule has 1 heterocycles. The number of halogens is 3. The molecular formula is C13H11F3N2O2. The van der Waals surface area contributed by atoms with Crippen LogP contribution in [0.1, 0.15) is 21.7 Å². The van der Waals surface area contributed by atoms with Crippen LogP contribution in [0.2, 0.25) is 0 Å². The maximum atomic E-state index is 12.7. The number of alkyl halides is 3. The Morgan fingerprint density at radius 1 is 1.25 bits per heavy atom. The fourth-order valence-corrected chi connectivity index (χ4v) is 1.69. The molecule has 3 N–H and O–H groups in total. The third-order valence-corrected chi connectivity index (χ3v) is 2.66. The van der Waals surface area contributed by atoms with Crippen LogP contribution in [0.5, 0.6) is 0 Å². The fraction of sp³-hybridized carbons (Fsp3) is 0.154. The zero-order valence-corrected chi connectivity index (χ0v) is 10.2. The minimum atomic E-state index is -4.60. The molecular weight excluding hydrogens is 273 g/mol. The molecule has 0 aliphatic rings. The van der Waals surface area contributed by atoms with Crippen molar-refractivity contribution in [3.05, 3.63) is 53.5 Å². The number of para-hydroxylation sites is 1. The number of nitrogen functional groups attached to an aromatic ring is 1. The van der Waals surface area contributed by atoms with E-state index in [4.69, 9.17) is 10.2 Å². The Hall–Kier alpha value is -2.44. The van der Waals surface area contributed by atoms with Crippen molar-refractivity contribution in [1.82, 2.24) is 5.32 Å². The molecule has 0 unspecified atom stereocenters. The third-order valence-electron chi connectivity index (χ3n) is 2.66. The lowest BCUT2D eigenvalue weighted by molar-refractivity contribution is -0.136. The third kappa shape index (κ3) is 2.93. The van der Waals surface area contributed by atoms with Crippen LogP contribution in [-0.2, 0) is 12.7 Å². The molecule has 0 saturated heterocycles. The van der Waals surface area contributed by atoms with Crippen molar-refractivity contribution in [2.24, 2.45) is 0 Å². The van der Waals surface area contributed by atoms with Gasteiger partial charge in [-0.25, -0.2) is 0 Å². The topological polar surface area (TPSA) is 68.3 Å². The lowest BCUT2D eigenvalue weighted by Crippen LogP contribution is -2.24. The second-order valence-corrected chi connectivity index (χ2v) is 4.03. The van der Waals surface area contributed by atoms with E-state index in [0.717, 1.165) is 12.1 Å². The van der Waals surface area contributed by atoms with Gasteiger partial charge in [-0.05, 0) is 24.3 Å². The molecule has 2 aromatic rings. The number of hydrogen-bond acceptors (Lipinski definition) is 3. The molecule has 0 atom stereocenters. The van der Waals surface area contributed by atoms with Gasteiger partial charge in [-0.1, -0.05) is 6.07 Å². The summed E-state index contributed by atoms with van der Waals surface area (Å²) in [6, 6.07) is 6.48. The predicted molar refractivity (Wildman–Crippen MR) is 65.7 cm³/mol. The summed E-state index contributed by atoms with van der Waals surface area (Å²) in [4.78, 5) is 11.8. The van der Waals surface area contributed by atoms with E-state index in [1.54, 1.807) is 12.1 Å². The molecule has 0 radical (unpaired) electrons. The van der Waals surface area contributed by atoms with Crippen molar-refractivity contribution in [3.8, 4) is 0 Å². The van der Waals surface area contributed by atoms with E-state index < -0.39 is 23.3 Å².